The predicted octanol–water partition coefficient (Wildman–Crippen LogP) is 2.77. The molecule has 0 bridgehead atoms. The van der Waals surface area contributed by atoms with Gasteiger partial charge >= 0.3 is 0 Å². The van der Waals surface area contributed by atoms with E-state index in [1.165, 1.54) is 12.5 Å². The van der Waals surface area contributed by atoms with Crippen LogP contribution in [-0.4, -0.2) is 17.6 Å². The van der Waals surface area contributed by atoms with E-state index in [0.29, 0.717) is 16.9 Å². The lowest BCUT2D eigenvalue weighted by Gasteiger charge is -2.07. The Labute approximate surface area is 115 Å². The van der Waals surface area contributed by atoms with Gasteiger partial charge in [0.1, 0.15) is 5.75 Å². The summed E-state index contributed by atoms with van der Waals surface area (Å²) in [5, 5.41) is 12.4. The Morgan fingerprint density at radius 1 is 1.59 bits per heavy atom. The average Bonchev–Trinajstić information content (AvgIpc) is 2.87. The van der Waals surface area contributed by atoms with Gasteiger partial charge in [-0.3, -0.25) is 4.79 Å². The van der Waals surface area contributed by atoms with Crippen molar-refractivity contribution in [3.63, 3.8) is 0 Å². The van der Waals surface area contributed by atoms with Gasteiger partial charge in [-0.2, -0.15) is 0 Å². The van der Waals surface area contributed by atoms with Gasteiger partial charge in [-0.1, -0.05) is 13.8 Å². The number of amides is 1. The van der Waals surface area contributed by atoms with Crippen LogP contribution in [0.1, 0.15) is 30.6 Å². The van der Waals surface area contributed by atoms with E-state index in [1.54, 1.807) is 12.1 Å². The van der Waals surface area contributed by atoms with Crippen molar-refractivity contribution in [2.45, 2.75) is 20.3 Å². The molecule has 17 heavy (non-hydrogen) atoms. The summed E-state index contributed by atoms with van der Waals surface area (Å²) in [7, 11) is 0. The first-order valence-corrected chi connectivity index (χ1v) is 6.75. The van der Waals surface area contributed by atoms with E-state index >= 15 is 0 Å². The third-order valence-corrected chi connectivity index (χ3v) is 4.35. The van der Waals surface area contributed by atoms with E-state index in [9.17, 15) is 9.90 Å². The third-order valence-electron chi connectivity index (χ3n) is 3.43. The SMILES string of the molecule is CC1(C)CC1CNC(=O)c1ccc(I)c(O)c1. The Morgan fingerprint density at radius 2 is 2.24 bits per heavy atom. The van der Waals surface area contributed by atoms with Gasteiger partial charge in [0.05, 0.1) is 3.57 Å². The van der Waals surface area contributed by atoms with E-state index in [-0.39, 0.29) is 11.7 Å². The average molecular weight is 345 g/mol. The van der Waals surface area contributed by atoms with Crippen molar-refractivity contribution in [1.29, 1.82) is 0 Å². The molecule has 1 atom stereocenters. The zero-order valence-electron chi connectivity index (χ0n) is 9.96. The fourth-order valence-corrected chi connectivity index (χ4v) is 2.23. The molecule has 1 aromatic rings. The molecule has 3 nitrogen and oxygen atoms in total. The molecule has 1 aliphatic carbocycles. The zero-order chi connectivity index (χ0) is 12.6. The molecule has 0 heterocycles. The first-order valence-electron chi connectivity index (χ1n) is 5.67. The number of phenols is 1. The molecular weight excluding hydrogens is 329 g/mol. The second-order valence-corrected chi connectivity index (χ2v) is 6.43. The highest BCUT2D eigenvalue weighted by Crippen LogP contribution is 2.50. The first-order chi connectivity index (χ1) is 7.90. The number of phenolic OH excluding ortho intramolecular Hbond substituents is 1. The summed E-state index contributed by atoms with van der Waals surface area (Å²) in [6, 6.07) is 4.98. The number of rotatable bonds is 3. The number of benzene rings is 1. The normalized spacial score (nSPS) is 21.0. The summed E-state index contributed by atoms with van der Waals surface area (Å²) in [5.74, 6) is 0.633. The maximum atomic E-state index is 11.8. The molecule has 1 amide bonds. The van der Waals surface area contributed by atoms with Gasteiger partial charge in [-0.25, -0.2) is 0 Å². The van der Waals surface area contributed by atoms with Crippen molar-refractivity contribution in [2.24, 2.45) is 11.3 Å². The van der Waals surface area contributed by atoms with Gasteiger partial charge in [0.25, 0.3) is 5.91 Å². The van der Waals surface area contributed by atoms with E-state index < -0.39 is 0 Å². The monoisotopic (exact) mass is 345 g/mol. The van der Waals surface area contributed by atoms with Gasteiger partial charge in [-0.15, -0.1) is 0 Å². The lowest BCUT2D eigenvalue weighted by molar-refractivity contribution is 0.0950. The summed E-state index contributed by atoms with van der Waals surface area (Å²) < 4.78 is 0.752. The fourth-order valence-electron chi connectivity index (χ4n) is 1.90. The van der Waals surface area contributed by atoms with Gasteiger partial charge < -0.3 is 10.4 Å². The minimum absolute atomic E-state index is 0.112. The molecule has 2 N–H and O–H groups in total. The van der Waals surface area contributed by atoms with Gasteiger partial charge in [0.15, 0.2) is 0 Å². The van der Waals surface area contributed by atoms with Crippen LogP contribution in [0.4, 0.5) is 0 Å². The number of hydrogen-bond acceptors (Lipinski definition) is 2. The van der Waals surface area contributed by atoms with Crippen molar-refractivity contribution >= 4 is 28.5 Å². The van der Waals surface area contributed by atoms with Crippen LogP contribution in [0.3, 0.4) is 0 Å². The van der Waals surface area contributed by atoms with Crippen LogP contribution < -0.4 is 5.32 Å². The molecule has 1 aliphatic rings. The molecule has 1 aromatic carbocycles. The van der Waals surface area contributed by atoms with Crippen LogP contribution in [0.5, 0.6) is 5.75 Å². The Hall–Kier alpha value is -0.780. The van der Waals surface area contributed by atoms with Crippen LogP contribution in [-0.2, 0) is 0 Å². The number of nitrogens with one attached hydrogen (secondary N) is 1. The fraction of sp³-hybridized carbons (Fsp3) is 0.462. The van der Waals surface area contributed by atoms with Crippen molar-refractivity contribution in [3.8, 4) is 5.75 Å². The molecule has 0 spiro atoms. The van der Waals surface area contributed by atoms with Crippen molar-refractivity contribution in [1.82, 2.24) is 5.32 Å². The lowest BCUT2D eigenvalue weighted by atomic mass is 10.1. The Balaban J connectivity index is 1.93. The van der Waals surface area contributed by atoms with E-state index in [1.807, 2.05) is 22.6 Å². The van der Waals surface area contributed by atoms with Crippen LogP contribution in [0, 0.1) is 14.9 Å². The molecule has 1 unspecified atom stereocenters. The largest absolute Gasteiger partial charge is 0.507 e. The quantitative estimate of drug-likeness (QED) is 0.828. The van der Waals surface area contributed by atoms with E-state index in [4.69, 9.17) is 0 Å². The second-order valence-electron chi connectivity index (χ2n) is 5.27. The summed E-state index contributed by atoms with van der Waals surface area (Å²) in [4.78, 5) is 11.8. The minimum atomic E-state index is -0.112. The summed E-state index contributed by atoms with van der Waals surface area (Å²) in [5.41, 5.74) is 0.892. The topological polar surface area (TPSA) is 49.3 Å². The highest BCUT2D eigenvalue weighted by molar-refractivity contribution is 14.1. The molecule has 0 aromatic heterocycles. The summed E-state index contributed by atoms with van der Waals surface area (Å²) in [6.07, 6.45) is 1.17. The van der Waals surface area contributed by atoms with Crippen molar-refractivity contribution in [2.75, 3.05) is 6.54 Å². The highest BCUT2D eigenvalue weighted by atomic mass is 127. The van der Waals surface area contributed by atoms with Crippen LogP contribution in [0.15, 0.2) is 18.2 Å². The number of halogens is 1. The number of hydrogen-bond donors (Lipinski definition) is 2. The molecule has 92 valence electrons. The molecule has 0 aliphatic heterocycles. The molecule has 1 saturated carbocycles. The van der Waals surface area contributed by atoms with Crippen molar-refractivity contribution in [3.05, 3.63) is 27.3 Å². The third kappa shape index (κ3) is 2.91. The summed E-state index contributed by atoms with van der Waals surface area (Å²) in [6.45, 7) is 5.14. The van der Waals surface area contributed by atoms with Gasteiger partial charge in [-0.05, 0) is 58.5 Å². The molecule has 0 saturated heterocycles. The molecule has 2 rings (SSSR count). The van der Waals surface area contributed by atoms with Crippen LogP contribution in [0.2, 0.25) is 0 Å². The summed E-state index contributed by atoms with van der Waals surface area (Å²) >= 11 is 2.03. The van der Waals surface area contributed by atoms with Crippen LogP contribution in [0.25, 0.3) is 0 Å². The molecule has 1 fully saturated rings. The number of carbonyl (C=O) groups is 1. The molecular formula is C13H16INO2. The van der Waals surface area contributed by atoms with Gasteiger partial charge in [0.2, 0.25) is 0 Å². The molecule has 0 radical (unpaired) electrons. The van der Waals surface area contributed by atoms with E-state index in [0.717, 1.165) is 10.1 Å². The predicted molar refractivity (Wildman–Crippen MR) is 75.0 cm³/mol. The Bertz CT molecular complexity index is 457. The van der Waals surface area contributed by atoms with Gasteiger partial charge in [0, 0.05) is 12.1 Å². The maximum absolute atomic E-state index is 11.8. The maximum Gasteiger partial charge on any atom is 0.251 e. The van der Waals surface area contributed by atoms with Crippen molar-refractivity contribution < 1.29 is 9.90 Å². The zero-order valence-corrected chi connectivity index (χ0v) is 12.1. The van der Waals surface area contributed by atoms with Crippen LogP contribution >= 0.6 is 22.6 Å². The number of carbonyl (C=O) groups excluding carboxylic acids is 1. The minimum Gasteiger partial charge on any atom is -0.507 e. The Morgan fingerprint density at radius 3 is 2.76 bits per heavy atom. The van der Waals surface area contributed by atoms with E-state index in [2.05, 4.69) is 19.2 Å². The standard InChI is InChI=1S/C13H16INO2/c1-13(2)6-9(13)7-15-12(17)8-3-4-10(14)11(16)5-8/h3-5,9,16H,6-7H2,1-2H3,(H,15,17). The number of aromatic hydroxyl groups is 1. The Kier molecular flexibility index (Phi) is 3.34. The smallest absolute Gasteiger partial charge is 0.251 e. The first kappa shape index (κ1) is 12.7. The lowest BCUT2D eigenvalue weighted by Crippen LogP contribution is -2.26. The highest BCUT2D eigenvalue weighted by Gasteiger charge is 2.45. The molecule has 4 heteroatoms. The second kappa shape index (κ2) is 4.48.